The van der Waals surface area contributed by atoms with Gasteiger partial charge in [0.1, 0.15) is 6.04 Å². The van der Waals surface area contributed by atoms with Gasteiger partial charge in [0, 0.05) is 12.0 Å². The lowest BCUT2D eigenvalue weighted by atomic mass is 9.91. The summed E-state index contributed by atoms with van der Waals surface area (Å²) in [7, 11) is 1.39. The topological polar surface area (TPSA) is 47.9 Å². The van der Waals surface area contributed by atoms with E-state index in [0.717, 1.165) is 12.0 Å². The van der Waals surface area contributed by atoms with Crippen LogP contribution >= 0.6 is 0 Å². The van der Waals surface area contributed by atoms with E-state index in [1.54, 1.807) is 0 Å². The Balaban J connectivity index is 2.30. The molecule has 0 unspecified atom stereocenters. The minimum atomic E-state index is -0.978. The van der Waals surface area contributed by atoms with Crippen LogP contribution in [0, 0.1) is 0 Å². The van der Waals surface area contributed by atoms with Gasteiger partial charge in [-0.25, -0.2) is 9.79 Å². The highest BCUT2D eigenvalue weighted by atomic mass is 16.6. The maximum atomic E-state index is 12.1. The van der Waals surface area contributed by atoms with Crippen LogP contribution in [0.1, 0.15) is 32.3 Å². The van der Waals surface area contributed by atoms with Gasteiger partial charge in [-0.3, -0.25) is 0 Å². The van der Waals surface area contributed by atoms with E-state index >= 15 is 0 Å². The Kier molecular flexibility index (Phi) is 3.88. The molecule has 19 heavy (non-hydrogen) atoms. The first-order valence-electron chi connectivity index (χ1n) is 6.54. The molecule has 0 radical (unpaired) electrons. The fraction of sp³-hybridized carbons (Fsp3) is 0.467. The van der Waals surface area contributed by atoms with Crippen molar-refractivity contribution >= 4 is 11.9 Å². The van der Waals surface area contributed by atoms with Crippen LogP contribution in [0.4, 0.5) is 0 Å². The first-order valence-corrected chi connectivity index (χ1v) is 6.54. The van der Waals surface area contributed by atoms with E-state index in [0.29, 0.717) is 12.3 Å². The van der Waals surface area contributed by atoms with Gasteiger partial charge in [-0.2, -0.15) is 0 Å². The molecular weight excluding hydrogens is 242 g/mol. The molecule has 1 heterocycles. The normalized spacial score (nSPS) is 25.6. The Bertz CT molecular complexity index is 483. The van der Waals surface area contributed by atoms with Gasteiger partial charge in [0.05, 0.1) is 7.11 Å². The van der Waals surface area contributed by atoms with Crippen molar-refractivity contribution in [3.05, 3.63) is 35.9 Å². The van der Waals surface area contributed by atoms with E-state index in [1.165, 1.54) is 7.11 Å². The first kappa shape index (κ1) is 13.6. The third kappa shape index (κ3) is 2.35. The minimum absolute atomic E-state index is 0.241. The molecule has 1 aliphatic rings. The number of esters is 1. The third-order valence-corrected chi connectivity index (χ3v) is 3.44. The van der Waals surface area contributed by atoms with E-state index in [2.05, 4.69) is 4.99 Å². The number of aliphatic imine (C=N–C) groups is 1. The van der Waals surface area contributed by atoms with Gasteiger partial charge in [0.15, 0.2) is 0 Å². The number of hydrogen-bond donors (Lipinski definition) is 0. The van der Waals surface area contributed by atoms with Gasteiger partial charge in [-0.15, -0.1) is 0 Å². The van der Waals surface area contributed by atoms with Crippen LogP contribution in [0.3, 0.4) is 0 Å². The second-order valence-corrected chi connectivity index (χ2v) is 4.71. The molecule has 2 atom stereocenters. The predicted molar refractivity (Wildman–Crippen MR) is 73.2 cm³/mol. The lowest BCUT2D eigenvalue weighted by Crippen LogP contribution is -2.47. The quantitative estimate of drug-likeness (QED) is 0.783. The van der Waals surface area contributed by atoms with Gasteiger partial charge < -0.3 is 9.47 Å². The number of benzene rings is 1. The number of carbonyl (C=O) groups is 1. The van der Waals surface area contributed by atoms with Crippen LogP contribution in [0.15, 0.2) is 35.3 Å². The first-order chi connectivity index (χ1) is 9.14. The van der Waals surface area contributed by atoms with Crippen LogP contribution in [0.25, 0.3) is 0 Å². The monoisotopic (exact) mass is 261 g/mol. The van der Waals surface area contributed by atoms with Gasteiger partial charge >= 0.3 is 5.97 Å². The Morgan fingerprint density at radius 2 is 2.11 bits per heavy atom. The van der Waals surface area contributed by atoms with E-state index in [-0.39, 0.29) is 12.0 Å². The van der Waals surface area contributed by atoms with Crippen LogP contribution in [0.2, 0.25) is 0 Å². The van der Waals surface area contributed by atoms with Crippen LogP contribution in [-0.4, -0.2) is 30.6 Å². The molecule has 0 saturated heterocycles. The van der Waals surface area contributed by atoms with Crippen LogP contribution < -0.4 is 0 Å². The average Bonchev–Trinajstić information content (AvgIpc) is 2.78. The lowest BCUT2D eigenvalue weighted by molar-refractivity contribution is -0.160. The molecule has 0 amide bonds. The standard InChI is InChI=1S/C15H19NO3/c1-4-10-15(14(17)18-3)11(2)16-13(19-15)12-8-6-5-7-9-12/h5-9,11H,4,10H2,1-3H3/t11-,15-/m0/s1. The zero-order chi connectivity index (χ0) is 13.9. The molecule has 4 heteroatoms. The molecule has 0 N–H and O–H groups in total. The summed E-state index contributed by atoms with van der Waals surface area (Å²) >= 11 is 0. The van der Waals surface area contributed by atoms with Gasteiger partial charge in [0.25, 0.3) is 0 Å². The number of methoxy groups -OCH3 is 1. The average molecular weight is 261 g/mol. The number of hydrogen-bond acceptors (Lipinski definition) is 4. The highest BCUT2D eigenvalue weighted by Crippen LogP contribution is 2.33. The van der Waals surface area contributed by atoms with Crippen molar-refractivity contribution in [1.29, 1.82) is 0 Å². The number of ether oxygens (including phenoxy) is 2. The fourth-order valence-electron chi connectivity index (χ4n) is 2.40. The second kappa shape index (κ2) is 5.43. The van der Waals surface area contributed by atoms with Crippen molar-refractivity contribution in [2.24, 2.45) is 4.99 Å². The zero-order valence-corrected chi connectivity index (χ0v) is 11.6. The summed E-state index contributed by atoms with van der Waals surface area (Å²) in [5.41, 5.74) is -0.0921. The molecule has 0 saturated carbocycles. The van der Waals surface area contributed by atoms with Gasteiger partial charge in [0.2, 0.25) is 11.5 Å². The van der Waals surface area contributed by atoms with E-state index in [9.17, 15) is 4.79 Å². The predicted octanol–water partition coefficient (Wildman–Crippen LogP) is 2.56. The Labute approximate surface area is 113 Å². The maximum absolute atomic E-state index is 12.1. The van der Waals surface area contributed by atoms with Crippen LogP contribution in [-0.2, 0) is 14.3 Å². The number of carbonyl (C=O) groups excluding carboxylic acids is 1. The Morgan fingerprint density at radius 3 is 2.68 bits per heavy atom. The van der Waals surface area contributed by atoms with Crippen molar-refractivity contribution in [2.75, 3.05) is 7.11 Å². The van der Waals surface area contributed by atoms with Crippen molar-refractivity contribution in [3.8, 4) is 0 Å². The smallest absolute Gasteiger partial charge is 0.352 e. The number of nitrogens with zero attached hydrogens (tertiary/aromatic N) is 1. The third-order valence-electron chi connectivity index (χ3n) is 3.44. The summed E-state index contributed by atoms with van der Waals surface area (Å²) in [6.45, 7) is 3.91. The zero-order valence-electron chi connectivity index (χ0n) is 11.6. The molecule has 1 aromatic carbocycles. The van der Waals surface area contributed by atoms with E-state index in [1.807, 2.05) is 44.2 Å². The summed E-state index contributed by atoms with van der Waals surface area (Å²) in [6, 6.07) is 9.38. The molecule has 102 valence electrons. The molecule has 0 spiro atoms. The minimum Gasteiger partial charge on any atom is -0.466 e. The molecule has 0 aliphatic carbocycles. The molecular formula is C15H19NO3. The molecule has 2 rings (SSSR count). The maximum Gasteiger partial charge on any atom is 0.352 e. The molecule has 0 fully saturated rings. The van der Waals surface area contributed by atoms with Crippen molar-refractivity contribution in [2.45, 2.75) is 38.3 Å². The van der Waals surface area contributed by atoms with Crippen molar-refractivity contribution < 1.29 is 14.3 Å². The Hall–Kier alpha value is -1.84. The van der Waals surface area contributed by atoms with E-state index < -0.39 is 5.60 Å². The Morgan fingerprint density at radius 1 is 1.42 bits per heavy atom. The summed E-state index contributed by atoms with van der Waals surface area (Å²) in [4.78, 5) is 16.6. The molecule has 0 aromatic heterocycles. The van der Waals surface area contributed by atoms with E-state index in [4.69, 9.17) is 9.47 Å². The number of rotatable bonds is 4. The molecule has 1 aliphatic heterocycles. The van der Waals surface area contributed by atoms with Crippen molar-refractivity contribution in [3.63, 3.8) is 0 Å². The summed E-state index contributed by atoms with van der Waals surface area (Å²) in [5.74, 6) is 0.170. The van der Waals surface area contributed by atoms with Gasteiger partial charge in [-0.05, 0) is 19.1 Å². The largest absolute Gasteiger partial charge is 0.466 e. The van der Waals surface area contributed by atoms with Crippen LogP contribution in [0.5, 0.6) is 0 Å². The molecule has 4 nitrogen and oxygen atoms in total. The summed E-state index contributed by atoms with van der Waals surface area (Å²) < 4.78 is 10.8. The SMILES string of the molecule is CCC[C@]1(C(=O)OC)OC(c2ccccc2)=N[C@H]1C. The lowest BCUT2D eigenvalue weighted by Gasteiger charge is -2.28. The fourth-order valence-corrected chi connectivity index (χ4v) is 2.40. The summed E-state index contributed by atoms with van der Waals surface area (Å²) in [5, 5.41) is 0. The van der Waals surface area contributed by atoms with Gasteiger partial charge in [-0.1, -0.05) is 31.5 Å². The summed E-state index contributed by atoms with van der Waals surface area (Å²) in [6.07, 6.45) is 1.43. The van der Waals surface area contributed by atoms with Crippen molar-refractivity contribution in [1.82, 2.24) is 0 Å². The highest BCUT2D eigenvalue weighted by molar-refractivity contribution is 5.99. The highest BCUT2D eigenvalue weighted by Gasteiger charge is 2.51. The second-order valence-electron chi connectivity index (χ2n) is 4.71. The molecule has 0 bridgehead atoms. The molecule has 1 aromatic rings.